The van der Waals surface area contributed by atoms with Gasteiger partial charge in [0.2, 0.25) is 10.8 Å². The van der Waals surface area contributed by atoms with Crippen molar-refractivity contribution in [1.82, 2.24) is 19.5 Å². The number of fused-ring (bicyclic) bond motifs is 1. The Bertz CT molecular complexity index is 1240. The number of rotatable bonds is 5. The first-order valence-corrected chi connectivity index (χ1v) is 11.7. The van der Waals surface area contributed by atoms with Gasteiger partial charge in [-0.3, -0.25) is 4.90 Å². The topological polar surface area (TPSA) is 56.9 Å². The third kappa shape index (κ3) is 3.73. The van der Waals surface area contributed by atoms with Gasteiger partial charge in [-0.15, -0.1) is 5.10 Å². The van der Waals surface area contributed by atoms with Gasteiger partial charge in [-0.2, -0.15) is 4.52 Å². The normalized spacial score (nSPS) is 16.0. The lowest BCUT2D eigenvalue weighted by Crippen LogP contribution is -2.48. The van der Waals surface area contributed by atoms with E-state index >= 15 is 0 Å². The van der Waals surface area contributed by atoms with Gasteiger partial charge in [0.15, 0.2) is 5.82 Å². The number of benzene rings is 2. The number of piperazine rings is 1. The van der Waals surface area contributed by atoms with E-state index in [0.29, 0.717) is 23.7 Å². The smallest absolute Gasteiger partial charge is 0.230 e. The molecule has 0 aliphatic carbocycles. The van der Waals surface area contributed by atoms with Gasteiger partial charge in [-0.05, 0) is 24.6 Å². The van der Waals surface area contributed by atoms with Gasteiger partial charge >= 0.3 is 0 Å². The quantitative estimate of drug-likeness (QED) is 0.487. The first-order chi connectivity index (χ1) is 15.5. The van der Waals surface area contributed by atoms with Crippen molar-refractivity contribution in [3.8, 4) is 5.88 Å². The fraction of sp³-hybridized carbons (Fsp3) is 0.333. The van der Waals surface area contributed by atoms with Crippen molar-refractivity contribution in [2.45, 2.75) is 26.3 Å². The molecule has 6 nitrogen and oxygen atoms in total. The Labute approximate surface area is 190 Å². The summed E-state index contributed by atoms with van der Waals surface area (Å²) in [5.74, 6) is 0.690. The zero-order chi connectivity index (χ0) is 22.2. The summed E-state index contributed by atoms with van der Waals surface area (Å²) in [5.41, 5.74) is 2.94. The summed E-state index contributed by atoms with van der Waals surface area (Å²) in [5, 5.41) is 15.5. The monoisotopic (exact) mass is 451 g/mol. The molecule has 0 spiro atoms. The second kappa shape index (κ2) is 8.52. The van der Waals surface area contributed by atoms with Crippen LogP contribution in [-0.4, -0.2) is 50.8 Å². The van der Waals surface area contributed by atoms with Crippen molar-refractivity contribution in [1.29, 1.82) is 0 Å². The molecule has 1 fully saturated rings. The summed E-state index contributed by atoms with van der Waals surface area (Å²) >= 11 is 1.49. The largest absolute Gasteiger partial charge is 0.492 e. The van der Waals surface area contributed by atoms with E-state index < -0.39 is 0 Å². The molecule has 3 heterocycles. The van der Waals surface area contributed by atoms with Crippen LogP contribution in [0.5, 0.6) is 5.88 Å². The SMILES string of the molecule is CCc1nc2sc(C(c3cccc(C)c3)N3CCN(c4ccccc4F)CC3)c(O)n2n1. The van der Waals surface area contributed by atoms with Gasteiger partial charge in [-0.25, -0.2) is 9.37 Å². The number of hydrogen-bond acceptors (Lipinski definition) is 6. The van der Waals surface area contributed by atoms with E-state index in [0.717, 1.165) is 35.8 Å². The zero-order valence-electron chi connectivity index (χ0n) is 18.2. The van der Waals surface area contributed by atoms with Crippen LogP contribution >= 0.6 is 11.3 Å². The Morgan fingerprint density at radius 1 is 1.09 bits per heavy atom. The summed E-state index contributed by atoms with van der Waals surface area (Å²) < 4.78 is 15.9. The van der Waals surface area contributed by atoms with Crippen molar-refractivity contribution >= 4 is 22.0 Å². The molecule has 1 aliphatic heterocycles. The summed E-state index contributed by atoms with van der Waals surface area (Å²) in [6, 6.07) is 15.2. The average molecular weight is 452 g/mol. The van der Waals surface area contributed by atoms with Crippen LogP contribution in [0.3, 0.4) is 0 Å². The highest BCUT2D eigenvalue weighted by Gasteiger charge is 2.32. The van der Waals surface area contributed by atoms with Crippen LogP contribution in [-0.2, 0) is 6.42 Å². The van der Waals surface area contributed by atoms with Crippen LogP contribution in [0.1, 0.15) is 34.8 Å². The fourth-order valence-electron chi connectivity index (χ4n) is 4.42. The summed E-state index contributed by atoms with van der Waals surface area (Å²) in [6.07, 6.45) is 0.725. The molecule has 166 valence electrons. The number of para-hydroxylation sites is 1. The predicted molar refractivity (Wildman–Crippen MR) is 125 cm³/mol. The van der Waals surface area contributed by atoms with Crippen LogP contribution in [0.4, 0.5) is 10.1 Å². The molecule has 2 aromatic carbocycles. The fourth-order valence-corrected chi connectivity index (χ4v) is 5.55. The molecular formula is C24H26FN5OS. The number of anilines is 1. The minimum absolute atomic E-state index is 0.115. The Balaban J connectivity index is 1.49. The maximum atomic E-state index is 14.3. The maximum absolute atomic E-state index is 14.3. The highest BCUT2D eigenvalue weighted by molar-refractivity contribution is 7.17. The third-order valence-corrected chi connectivity index (χ3v) is 7.11. The Morgan fingerprint density at radius 3 is 2.56 bits per heavy atom. The molecule has 8 heteroatoms. The van der Waals surface area contributed by atoms with Crippen molar-refractivity contribution in [2.24, 2.45) is 0 Å². The first-order valence-electron chi connectivity index (χ1n) is 10.9. The molecule has 0 amide bonds. The number of nitrogens with zero attached hydrogens (tertiary/aromatic N) is 5. The predicted octanol–water partition coefficient (Wildman–Crippen LogP) is 4.42. The maximum Gasteiger partial charge on any atom is 0.230 e. The number of aryl methyl sites for hydroxylation is 2. The molecular weight excluding hydrogens is 425 g/mol. The van der Waals surface area contributed by atoms with Gasteiger partial charge in [0.1, 0.15) is 5.82 Å². The molecule has 0 bridgehead atoms. The summed E-state index contributed by atoms with van der Waals surface area (Å²) in [4.78, 5) is 10.6. The molecule has 1 N–H and O–H groups in total. The Hall–Kier alpha value is -2.97. The van der Waals surface area contributed by atoms with Gasteiger partial charge in [-0.1, -0.05) is 60.2 Å². The molecule has 1 saturated heterocycles. The summed E-state index contributed by atoms with van der Waals surface area (Å²) in [6.45, 7) is 7.00. The second-order valence-electron chi connectivity index (χ2n) is 8.16. The lowest BCUT2D eigenvalue weighted by atomic mass is 10.0. The van der Waals surface area contributed by atoms with Gasteiger partial charge in [0.05, 0.1) is 16.6 Å². The third-order valence-electron chi connectivity index (χ3n) is 6.04. The molecule has 1 aliphatic rings. The van der Waals surface area contributed by atoms with Crippen molar-refractivity contribution in [3.63, 3.8) is 0 Å². The van der Waals surface area contributed by atoms with E-state index in [4.69, 9.17) is 0 Å². The van der Waals surface area contributed by atoms with Crippen LogP contribution in [0, 0.1) is 12.7 Å². The van der Waals surface area contributed by atoms with E-state index in [9.17, 15) is 9.50 Å². The lowest BCUT2D eigenvalue weighted by molar-refractivity contribution is 0.210. The molecule has 1 unspecified atom stereocenters. The van der Waals surface area contributed by atoms with E-state index in [2.05, 4.69) is 51.1 Å². The van der Waals surface area contributed by atoms with Crippen molar-refractivity contribution in [3.05, 3.63) is 76.2 Å². The van der Waals surface area contributed by atoms with Crippen LogP contribution < -0.4 is 4.90 Å². The average Bonchev–Trinajstić information content (AvgIpc) is 3.34. The van der Waals surface area contributed by atoms with Crippen LogP contribution in [0.25, 0.3) is 4.96 Å². The molecule has 2 aromatic heterocycles. The minimum atomic E-state index is -0.189. The van der Waals surface area contributed by atoms with Crippen molar-refractivity contribution < 1.29 is 9.50 Å². The summed E-state index contributed by atoms with van der Waals surface area (Å²) in [7, 11) is 0. The standard InChI is InChI=1S/C24H26FN5OS/c1-3-20-26-24-30(27-20)23(31)22(32-24)21(17-8-6-7-16(2)15-17)29-13-11-28(12-14-29)19-10-5-4-9-18(19)25/h4-10,15,21,31H,3,11-14H2,1-2H3. The Kier molecular flexibility index (Phi) is 5.57. The highest BCUT2D eigenvalue weighted by atomic mass is 32.1. The van der Waals surface area contributed by atoms with Crippen molar-refractivity contribution in [2.75, 3.05) is 31.1 Å². The molecule has 5 rings (SSSR count). The molecule has 4 aromatic rings. The number of thiazole rings is 1. The molecule has 0 radical (unpaired) electrons. The van der Waals surface area contributed by atoms with Gasteiger partial charge in [0.25, 0.3) is 0 Å². The molecule has 0 saturated carbocycles. The van der Waals surface area contributed by atoms with Gasteiger partial charge in [0, 0.05) is 32.6 Å². The Morgan fingerprint density at radius 2 is 1.88 bits per heavy atom. The number of hydrogen-bond donors (Lipinski definition) is 1. The van der Waals surface area contributed by atoms with Crippen LogP contribution in [0.2, 0.25) is 0 Å². The number of aromatic nitrogens is 3. The second-order valence-corrected chi connectivity index (χ2v) is 9.17. The van der Waals surface area contributed by atoms with E-state index in [-0.39, 0.29) is 17.7 Å². The first kappa shape index (κ1) is 20.9. The highest BCUT2D eigenvalue weighted by Crippen LogP contribution is 2.40. The molecule has 1 atom stereocenters. The number of aromatic hydroxyl groups is 1. The number of halogens is 1. The minimum Gasteiger partial charge on any atom is -0.492 e. The zero-order valence-corrected chi connectivity index (χ0v) is 19.0. The van der Waals surface area contributed by atoms with Crippen LogP contribution in [0.15, 0.2) is 48.5 Å². The lowest BCUT2D eigenvalue weighted by Gasteiger charge is -2.40. The van der Waals surface area contributed by atoms with Gasteiger partial charge < -0.3 is 10.0 Å². The van der Waals surface area contributed by atoms with E-state index in [1.807, 2.05) is 19.1 Å². The molecule has 32 heavy (non-hydrogen) atoms. The van der Waals surface area contributed by atoms with E-state index in [1.165, 1.54) is 23.0 Å². The van der Waals surface area contributed by atoms with E-state index in [1.54, 1.807) is 10.6 Å².